The summed E-state index contributed by atoms with van der Waals surface area (Å²) in [6.45, 7) is 0. The van der Waals surface area contributed by atoms with Crippen molar-refractivity contribution in [3.05, 3.63) is 5.73 Å². The van der Waals surface area contributed by atoms with Crippen LogP contribution in [0.5, 0.6) is 0 Å². The zero-order chi connectivity index (χ0) is 5.11. The molecular formula is C6H12ClMgN. The van der Waals surface area contributed by atoms with E-state index in [0.29, 0.717) is 0 Å². The third-order valence-electron chi connectivity index (χ3n) is 1.61. The Bertz CT molecular complexity index is 55.0. The molecule has 0 heterocycles. The van der Waals surface area contributed by atoms with E-state index in [4.69, 9.17) is 5.73 Å². The van der Waals surface area contributed by atoms with Crippen LogP contribution in [0.3, 0.4) is 0 Å². The summed E-state index contributed by atoms with van der Waals surface area (Å²) in [6, 6.07) is 0.286. The van der Waals surface area contributed by atoms with Crippen LogP contribution in [0.4, 0.5) is 0 Å². The minimum atomic E-state index is 0. The van der Waals surface area contributed by atoms with E-state index in [-0.39, 0.29) is 41.5 Å². The van der Waals surface area contributed by atoms with E-state index in [1.165, 1.54) is 19.3 Å². The third-order valence-corrected chi connectivity index (χ3v) is 1.61. The van der Waals surface area contributed by atoms with Crippen LogP contribution in [-0.2, 0) is 0 Å². The van der Waals surface area contributed by atoms with Gasteiger partial charge in [0.1, 0.15) is 0 Å². The van der Waals surface area contributed by atoms with E-state index >= 15 is 0 Å². The van der Waals surface area contributed by atoms with Gasteiger partial charge in [0, 0.05) is 0 Å². The van der Waals surface area contributed by atoms with Crippen LogP contribution in [-0.4, -0.2) is 29.1 Å². The Kier molecular flexibility index (Phi) is 10.0. The van der Waals surface area contributed by atoms with Gasteiger partial charge in [-0.25, -0.2) is 0 Å². The molecule has 0 unspecified atom stereocenters. The fourth-order valence-corrected chi connectivity index (χ4v) is 1.10. The second-order valence-corrected chi connectivity index (χ2v) is 2.33. The maximum atomic E-state index is 7.27. The van der Waals surface area contributed by atoms with E-state index in [1.54, 1.807) is 0 Å². The van der Waals surface area contributed by atoms with E-state index in [0.717, 1.165) is 12.8 Å². The molecule has 0 aromatic carbocycles. The van der Waals surface area contributed by atoms with Gasteiger partial charge in [-0.3, -0.25) is 0 Å². The van der Waals surface area contributed by atoms with Crippen molar-refractivity contribution in [3.8, 4) is 0 Å². The van der Waals surface area contributed by atoms with Crippen molar-refractivity contribution in [3.63, 3.8) is 0 Å². The van der Waals surface area contributed by atoms with Gasteiger partial charge >= 0.3 is 23.1 Å². The van der Waals surface area contributed by atoms with Gasteiger partial charge in [0.2, 0.25) is 0 Å². The van der Waals surface area contributed by atoms with Crippen LogP contribution in [0, 0.1) is 0 Å². The molecule has 0 atom stereocenters. The minimum Gasteiger partial charge on any atom is -1.00 e. The maximum absolute atomic E-state index is 7.27. The van der Waals surface area contributed by atoms with Crippen molar-refractivity contribution in [2.24, 2.45) is 0 Å². The first-order valence-corrected chi connectivity index (χ1v) is 3.11. The standard InChI is InChI=1S/C6H12N.ClH.Mg/c7-6-4-2-1-3-5-6;;/h6-7H,1-5H2;1H;/q-1;;+2/p-1. The van der Waals surface area contributed by atoms with Crippen LogP contribution in [0.1, 0.15) is 32.1 Å². The number of halogens is 1. The van der Waals surface area contributed by atoms with E-state index < -0.39 is 0 Å². The van der Waals surface area contributed by atoms with Crippen LogP contribution >= 0.6 is 0 Å². The Morgan fingerprint density at radius 3 is 1.67 bits per heavy atom. The smallest absolute Gasteiger partial charge is 1.00 e. The van der Waals surface area contributed by atoms with E-state index in [2.05, 4.69) is 0 Å². The Hall–Kier alpha value is 1.02. The van der Waals surface area contributed by atoms with Crippen LogP contribution in [0.25, 0.3) is 5.73 Å². The van der Waals surface area contributed by atoms with E-state index in [9.17, 15) is 0 Å². The van der Waals surface area contributed by atoms with Crippen LogP contribution < -0.4 is 12.4 Å². The molecule has 0 amide bonds. The molecule has 0 aliphatic heterocycles. The second-order valence-electron chi connectivity index (χ2n) is 2.33. The average Bonchev–Trinajstić information content (AvgIpc) is 1.69. The van der Waals surface area contributed by atoms with Crippen LogP contribution in [0.2, 0.25) is 0 Å². The normalized spacial score (nSPS) is 19.7. The average molecular weight is 158 g/mol. The Labute approximate surface area is 79.3 Å². The summed E-state index contributed by atoms with van der Waals surface area (Å²) in [4.78, 5) is 0. The Morgan fingerprint density at radius 1 is 1.00 bits per heavy atom. The summed E-state index contributed by atoms with van der Waals surface area (Å²) < 4.78 is 0. The van der Waals surface area contributed by atoms with E-state index in [1.807, 2.05) is 0 Å². The van der Waals surface area contributed by atoms with Gasteiger partial charge in [-0.2, -0.15) is 0 Å². The van der Waals surface area contributed by atoms with Crippen molar-refractivity contribution in [1.82, 2.24) is 0 Å². The van der Waals surface area contributed by atoms with Gasteiger partial charge in [0.25, 0.3) is 0 Å². The molecule has 0 aromatic heterocycles. The van der Waals surface area contributed by atoms with Crippen molar-refractivity contribution in [1.29, 1.82) is 0 Å². The molecule has 50 valence electrons. The predicted octanol–water partition coefficient (Wildman–Crippen LogP) is -1.01. The largest absolute Gasteiger partial charge is 2.00 e. The Balaban J connectivity index is 0. The summed E-state index contributed by atoms with van der Waals surface area (Å²) >= 11 is 0. The minimum absolute atomic E-state index is 0. The SMILES string of the molecule is [Cl-].[Mg+2].[NH-]C1CCCCC1. The zero-order valence-electron chi connectivity index (χ0n) is 5.70. The summed E-state index contributed by atoms with van der Waals surface area (Å²) in [7, 11) is 0. The van der Waals surface area contributed by atoms with Gasteiger partial charge in [-0.05, 0) is 0 Å². The first kappa shape index (κ1) is 12.7. The molecule has 3 heteroatoms. The monoisotopic (exact) mass is 157 g/mol. The number of hydrogen-bond donors (Lipinski definition) is 0. The summed E-state index contributed by atoms with van der Waals surface area (Å²) in [5.74, 6) is 0. The molecule has 1 nitrogen and oxygen atoms in total. The van der Waals surface area contributed by atoms with Crippen molar-refractivity contribution in [2.45, 2.75) is 38.1 Å². The summed E-state index contributed by atoms with van der Waals surface area (Å²) in [5, 5.41) is 0. The molecule has 1 N–H and O–H groups in total. The fourth-order valence-electron chi connectivity index (χ4n) is 1.10. The van der Waals surface area contributed by atoms with Gasteiger partial charge < -0.3 is 18.1 Å². The second kappa shape index (κ2) is 7.13. The first-order chi connectivity index (χ1) is 3.39. The van der Waals surface area contributed by atoms with Crippen LogP contribution in [0.15, 0.2) is 0 Å². The summed E-state index contributed by atoms with van der Waals surface area (Å²) in [6.07, 6.45) is 6.28. The fraction of sp³-hybridized carbons (Fsp3) is 1.00. The molecule has 1 rings (SSSR count). The van der Waals surface area contributed by atoms with Gasteiger partial charge in [0.15, 0.2) is 0 Å². The predicted molar refractivity (Wildman–Crippen MR) is 36.9 cm³/mol. The summed E-state index contributed by atoms with van der Waals surface area (Å²) in [5.41, 5.74) is 7.27. The topological polar surface area (TPSA) is 23.8 Å². The van der Waals surface area contributed by atoms with Crippen molar-refractivity contribution in [2.75, 3.05) is 0 Å². The van der Waals surface area contributed by atoms with Crippen molar-refractivity contribution < 1.29 is 12.4 Å². The molecule has 0 saturated heterocycles. The Morgan fingerprint density at radius 2 is 1.44 bits per heavy atom. The van der Waals surface area contributed by atoms with Crippen molar-refractivity contribution >= 4 is 23.1 Å². The molecule has 0 aromatic rings. The molecule has 1 saturated carbocycles. The van der Waals surface area contributed by atoms with Gasteiger partial charge in [-0.1, -0.05) is 32.1 Å². The first-order valence-electron chi connectivity index (χ1n) is 3.11. The van der Waals surface area contributed by atoms with Gasteiger partial charge in [-0.15, -0.1) is 6.04 Å². The zero-order valence-corrected chi connectivity index (χ0v) is 7.87. The molecule has 0 spiro atoms. The number of hydrogen-bond acceptors (Lipinski definition) is 0. The maximum Gasteiger partial charge on any atom is 2.00 e. The number of nitrogens with one attached hydrogen (secondary N) is 1. The molecule has 1 fully saturated rings. The number of rotatable bonds is 0. The molecule has 1 aliphatic carbocycles. The molecule has 0 radical (unpaired) electrons. The molecule has 0 bridgehead atoms. The molecule has 9 heavy (non-hydrogen) atoms. The quantitative estimate of drug-likeness (QED) is 0.403. The van der Waals surface area contributed by atoms with Gasteiger partial charge in [0.05, 0.1) is 0 Å². The molecule has 1 aliphatic rings. The third kappa shape index (κ3) is 5.46. The molecular weight excluding hydrogens is 146 g/mol.